The molecule has 30 heavy (non-hydrogen) atoms. The van der Waals surface area contributed by atoms with Gasteiger partial charge >= 0.3 is 0 Å². The number of hydrogen-bond donors (Lipinski definition) is 1. The average Bonchev–Trinajstić information content (AvgIpc) is 3.48. The fourth-order valence-electron chi connectivity index (χ4n) is 3.15. The molecule has 1 aliphatic carbocycles. The molecule has 1 saturated carbocycles. The normalized spacial score (nSPS) is 13.3. The topological polar surface area (TPSA) is 76.5 Å². The van der Waals surface area contributed by atoms with Crippen LogP contribution in [0.25, 0.3) is 11.0 Å². The maximum absolute atomic E-state index is 12.8. The molecule has 1 fully saturated rings. The molecular weight excluding hydrogens is 404 g/mol. The second-order valence-electron chi connectivity index (χ2n) is 7.44. The van der Waals surface area contributed by atoms with Crippen LogP contribution in [0.3, 0.4) is 0 Å². The quantitative estimate of drug-likeness (QED) is 0.600. The number of nitrogens with one attached hydrogen (secondary N) is 1. The lowest BCUT2D eigenvalue weighted by atomic mass is 10.3. The lowest BCUT2D eigenvalue weighted by Gasteiger charge is -2.18. The second kappa shape index (κ2) is 8.75. The maximum Gasteiger partial charge on any atom is 0.242 e. The van der Waals surface area contributed by atoms with Crippen molar-refractivity contribution in [2.24, 2.45) is 0 Å². The van der Waals surface area contributed by atoms with Gasteiger partial charge < -0.3 is 19.5 Å². The molecule has 0 radical (unpaired) electrons. The second-order valence-corrected chi connectivity index (χ2v) is 7.87. The van der Waals surface area contributed by atoms with Crippen molar-refractivity contribution in [1.82, 2.24) is 19.8 Å². The van der Waals surface area contributed by atoms with E-state index in [9.17, 15) is 9.59 Å². The molecule has 156 valence electrons. The van der Waals surface area contributed by atoms with Crippen molar-refractivity contribution in [2.45, 2.75) is 32.0 Å². The third-order valence-electron chi connectivity index (χ3n) is 4.96. The van der Waals surface area contributed by atoms with Crippen molar-refractivity contribution in [3.8, 4) is 5.75 Å². The van der Waals surface area contributed by atoms with Crippen molar-refractivity contribution in [2.75, 3.05) is 13.6 Å². The number of ether oxygens (including phenoxy) is 1. The smallest absolute Gasteiger partial charge is 0.242 e. The lowest BCUT2D eigenvalue weighted by Crippen LogP contribution is -2.40. The predicted molar refractivity (Wildman–Crippen MR) is 114 cm³/mol. The van der Waals surface area contributed by atoms with E-state index in [0.29, 0.717) is 16.6 Å². The Bertz CT molecular complexity index is 1060. The summed E-state index contributed by atoms with van der Waals surface area (Å²) in [6.45, 7) is 0.321. The molecule has 0 atom stereocenters. The highest BCUT2D eigenvalue weighted by atomic mass is 35.5. The minimum absolute atomic E-state index is 0.0402. The van der Waals surface area contributed by atoms with Gasteiger partial charge in [0.15, 0.2) is 0 Å². The molecule has 2 aromatic carbocycles. The highest BCUT2D eigenvalue weighted by Crippen LogP contribution is 2.20. The summed E-state index contributed by atoms with van der Waals surface area (Å²) in [6.07, 6.45) is 2.03. The van der Waals surface area contributed by atoms with E-state index in [4.69, 9.17) is 16.3 Å². The average molecular weight is 427 g/mol. The number of amides is 2. The van der Waals surface area contributed by atoms with Crippen molar-refractivity contribution in [3.63, 3.8) is 0 Å². The largest absolute Gasteiger partial charge is 0.486 e. The van der Waals surface area contributed by atoms with Crippen molar-refractivity contribution < 1.29 is 14.3 Å². The van der Waals surface area contributed by atoms with Crippen LogP contribution >= 0.6 is 11.6 Å². The molecule has 3 aromatic rings. The van der Waals surface area contributed by atoms with Crippen LogP contribution in [-0.2, 0) is 22.7 Å². The van der Waals surface area contributed by atoms with Crippen molar-refractivity contribution in [1.29, 1.82) is 0 Å². The fraction of sp³-hybridized carbons (Fsp3) is 0.318. The van der Waals surface area contributed by atoms with Crippen molar-refractivity contribution >= 4 is 34.4 Å². The number of hydrogen-bond acceptors (Lipinski definition) is 4. The van der Waals surface area contributed by atoms with Gasteiger partial charge in [0, 0.05) is 18.1 Å². The summed E-state index contributed by atoms with van der Waals surface area (Å²) in [7, 11) is 1.64. The number of nitrogens with zero attached hydrogens (tertiary/aromatic N) is 3. The fourth-order valence-corrected chi connectivity index (χ4v) is 3.28. The van der Waals surface area contributed by atoms with Gasteiger partial charge in [-0.2, -0.15) is 0 Å². The zero-order valence-electron chi connectivity index (χ0n) is 16.7. The number of rotatable bonds is 8. The minimum atomic E-state index is -0.170. The molecule has 1 aromatic heterocycles. The molecule has 1 heterocycles. The number of para-hydroxylation sites is 2. The van der Waals surface area contributed by atoms with Crippen LogP contribution < -0.4 is 10.1 Å². The van der Waals surface area contributed by atoms with Crippen LogP contribution in [0.5, 0.6) is 5.75 Å². The highest BCUT2D eigenvalue weighted by molar-refractivity contribution is 6.30. The number of halogens is 1. The summed E-state index contributed by atoms with van der Waals surface area (Å²) >= 11 is 5.92. The van der Waals surface area contributed by atoms with E-state index in [2.05, 4.69) is 10.3 Å². The monoisotopic (exact) mass is 426 g/mol. The number of imidazole rings is 1. The molecule has 0 aliphatic heterocycles. The Balaban J connectivity index is 1.48. The van der Waals surface area contributed by atoms with Gasteiger partial charge in [0.25, 0.3) is 0 Å². The van der Waals surface area contributed by atoms with Crippen LogP contribution in [0.15, 0.2) is 48.5 Å². The summed E-state index contributed by atoms with van der Waals surface area (Å²) in [5.41, 5.74) is 1.63. The molecule has 8 heteroatoms. The molecule has 0 spiro atoms. The van der Waals surface area contributed by atoms with Gasteiger partial charge in [0.2, 0.25) is 11.8 Å². The summed E-state index contributed by atoms with van der Waals surface area (Å²) in [4.78, 5) is 30.9. The van der Waals surface area contributed by atoms with E-state index in [1.165, 1.54) is 4.90 Å². The third-order valence-corrected chi connectivity index (χ3v) is 5.21. The van der Waals surface area contributed by atoms with Crippen LogP contribution in [0.2, 0.25) is 5.02 Å². The Hall–Kier alpha value is -3.06. The number of likely N-dealkylation sites (N-methyl/N-ethyl adjacent to an activating group) is 1. The van der Waals surface area contributed by atoms with Gasteiger partial charge in [0.1, 0.15) is 24.7 Å². The molecule has 0 bridgehead atoms. The zero-order chi connectivity index (χ0) is 21.1. The first-order valence-corrected chi connectivity index (χ1v) is 10.2. The summed E-state index contributed by atoms with van der Waals surface area (Å²) in [5, 5.41) is 3.53. The van der Waals surface area contributed by atoms with Crippen LogP contribution in [-0.4, -0.2) is 45.9 Å². The first-order chi connectivity index (χ1) is 14.5. The summed E-state index contributed by atoms with van der Waals surface area (Å²) in [5.74, 6) is 1.00. The zero-order valence-corrected chi connectivity index (χ0v) is 17.4. The number of carbonyl (C=O) groups excluding carboxylic acids is 2. The van der Waals surface area contributed by atoms with Gasteiger partial charge in [-0.1, -0.05) is 23.7 Å². The van der Waals surface area contributed by atoms with Gasteiger partial charge in [0.05, 0.1) is 17.6 Å². The molecule has 1 aliphatic rings. The Labute approximate surface area is 179 Å². The van der Waals surface area contributed by atoms with E-state index < -0.39 is 0 Å². The number of benzene rings is 2. The Morgan fingerprint density at radius 1 is 1.20 bits per heavy atom. The molecule has 0 unspecified atom stereocenters. The molecule has 2 amide bonds. The van der Waals surface area contributed by atoms with E-state index in [-0.39, 0.29) is 37.6 Å². The number of carbonyl (C=O) groups is 2. The van der Waals surface area contributed by atoms with Crippen molar-refractivity contribution in [3.05, 3.63) is 59.4 Å². The SMILES string of the molecule is CN(CC(=O)NC1CC1)C(=O)Cn1c(COc2ccc(Cl)cc2)nc2ccccc21. The first-order valence-electron chi connectivity index (χ1n) is 9.85. The summed E-state index contributed by atoms with van der Waals surface area (Å²) in [6, 6.07) is 15.0. The third kappa shape index (κ3) is 4.91. The molecule has 0 saturated heterocycles. The number of aromatic nitrogens is 2. The van der Waals surface area contributed by atoms with Gasteiger partial charge in [-0.3, -0.25) is 9.59 Å². The van der Waals surface area contributed by atoms with Crippen LogP contribution in [0.4, 0.5) is 0 Å². The molecular formula is C22H23ClN4O3. The molecule has 4 rings (SSSR count). The minimum Gasteiger partial charge on any atom is -0.486 e. The molecule has 1 N–H and O–H groups in total. The van der Waals surface area contributed by atoms with E-state index in [0.717, 1.165) is 23.9 Å². The van der Waals surface area contributed by atoms with Gasteiger partial charge in [-0.15, -0.1) is 0 Å². The van der Waals surface area contributed by atoms with Crippen LogP contribution in [0.1, 0.15) is 18.7 Å². The Morgan fingerprint density at radius 2 is 1.93 bits per heavy atom. The summed E-state index contributed by atoms with van der Waals surface area (Å²) < 4.78 is 7.68. The van der Waals surface area contributed by atoms with Gasteiger partial charge in [-0.25, -0.2) is 4.98 Å². The predicted octanol–water partition coefficient (Wildman–Crippen LogP) is 3.01. The Kier molecular flexibility index (Phi) is 5.90. The number of fused-ring (bicyclic) bond motifs is 1. The Morgan fingerprint density at radius 3 is 2.67 bits per heavy atom. The standard InChI is InChI=1S/C22H23ClN4O3/c1-26(12-21(28)24-16-8-9-16)22(29)13-27-19-5-3-2-4-18(19)25-20(27)14-30-17-10-6-15(23)7-11-17/h2-7,10-11,16H,8-9,12-14H2,1H3,(H,24,28). The highest BCUT2D eigenvalue weighted by Gasteiger charge is 2.24. The first kappa shape index (κ1) is 20.2. The lowest BCUT2D eigenvalue weighted by molar-refractivity contribution is -0.135. The molecule has 7 nitrogen and oxygen atoms in total. The van der Waals surface area contributed by atoms with Crippen LogP contribution in [0, 0.1) is 0 Å². The van der Waals surface area contributed by atoms with Gasteiger partial charge in [-0.05, 0) is 49.2 Å². The maximum atomic E-state index is 12.8. The van der Waals surface area contributed by atoms with E-state index in [1.807, 2.05) is 28.8 Å². The van der Waals surface area contributed by atoms with E-state index in [1.54, 1.807) is 31.3 Å². The van der Waals surface area contributed by atoms with E-state index >= 15 is 0 Å².